The molecule has 6 nitrogen and oxygen atoms in total. The smallest absolute Gasteiger partial charge is 0.258 e. The number of hydrogen-bond donors (Lipinski definition) is 2. The summed E-state index contributed by atoms with van der Waals surface area (Å²) in [6.45, 7) is 1.53. The van der Waals surface area contributed by atoms with Crippen LogP contribution in [0.2, 0.25) is 0 Å². The second-order valence-corrected chi connectivity index (χ2v) is 6.59. The summed E-state index contributed by atoms with van der Waals surface area (Å²) in [4.78, 5) is 31.5. The van der Waals surface area contributed by atoms with Crippen molar-refractivity contribution in [1.29, 1.82) is 5.26 Å². The first-order chi connectivity index (χ1) is 13.7. The molecule has 0 fully saturated rings. The molecule has 1 aromatic heterocycles. The lowest BCUT2D eigenvalue weighted by molar-refractivity contribution is -0.119. The van der Waals surface area contributed by atoms with E-state index in [1.807, 2.05) is 24.3 Å². The Morgan fingerprint density at radius 1 is 1.11 bits per heavy atom. The van der Waals surface area contributed by atoms with Gasteiger partial charge in [-0.2, -0.15) is 5.26 Å². The number of ketones is 1. The minimum Gasteiger partial charge on any atom is -0.316 e. The number of rotatable bonds is 9. The van der Waals surface area contributed by atoms with Crippen molar-refractivity contribution in [3.05, 3.63) is 76.3 Å². The fourth-order valence-corrected chi connectivity index (χ4v) is 3.06. The minimum absolute atomic E-state index is 0.119. The number of benzene rings is 2. The summed E-state index contributed by atoms with van der Waals surface area (Å²) in [7, 11) is 0. The third kappa shape index (κ3) is 4.90. The first kappa shape index (κ1) is 19.5. The van der Waals surface area contributed by atoms with Crippen LogP contribution < -0.4 is 10.9 Å². The SMILES string of the molecule is N#CC(C(=O)CCCNCCc1ccccc1)c1nc2ccccc2c(=O)[nH]1. The van der Waals surface area contributed by atoms with Gasteiger partial charge >= 0.3 is 0 Å². The number of H-pyrrole nitrogens is 1. The summed E-state index contributed by atoms with van der Waals surface area (Å²) in [5, 5.41) is 13.2. The Kier molecular flexibility index (Phi) is 6.66. The van der Waals surface area contributed by atoms with Crippen LogP contribution in [-0.4, -0.2) is 28.8 Å². The van der Waals surface area contributed by atoms with Crippen molar-refractivity contribution in [2.45, 2.75) is 25.2 Å². The van der Waals surface area contributed by atoms with E-state index < -0.39 is 5.92 Å². The second kappa shape index (κ2) is 9.58. The van der Waals surface area contributed by atoms with Gasteiger partial charge in [0.25, 0.3) is 5.56 Å². The lowest BCUT2D eigenvalue weighted by Gasteiger charge is -2.09. The number of nitrogens with zero attached hydrogens (tertiary/aromatic N) is 2. The van der Waals surface area contributed by atoms with E-state index in [2.05, 4.69) is 27.4 Å². The van der Waals surface area contributed by atoms with Crippen LogP contribution in [-0.2, 0) is 11.2 Å². The number of Topliss-reactive ketones (excluding diaryl/α,β-unsaturated/α-hetero) is 1. The van der Waals surface area contributed by atoms with Gasteiger partial charge in [0.2, 0.25) is 0 Å². The van der Waals surface area contributed by atoms with Crippen LogP contribution in [0.25, 0.3) is 10.9 Å². The van der Waals surface area contributed by atoms with Crippen molar-refractivity contribution in [2.75, 3.05) is 13.1 Å². The maximum absolute atomic E-state index is 12.5. The number of fused-ring (bicyclic) bond motifs is 1. The number of para-hydroxylation sites is 1. The highest BCUT2D eigenvalue weighted by molar-refractivity contribution is 5.88. The molecule has 0 aliphatic rings. The summed E-state index contributed by atoms with van der Waals surface area (Å²) in [6, 6.07) is 19.0. The lowest BCUT2D eigenvalue weighted by atomic mass is 10.0. The Morgan fingerprint density at radius 2 is 1.86 bits per heavy atom. The highest BCUT2D eigenvalue weighted by Gasteiger charge is 2.22. The van der Waals surface area contributed by atoms with Gasteiger partial charge in [-0.1, -0.05) is 42.5 Å². The van der Waals surface area contributed by atoms with Gasteiger partial charge in [-0.3, -0.25) is 9.59 Å². The van der Waals surface area contributed by atoms with Crippen molar-refractivity contribution in [2.24, 2.45) is 0 Å². The van der Waals surface area contributed by atoms with Crippen LogP contribution >= 0.6 is 0 Å². The summed E-state index contributed by atoms with van der Waals surface area (Å²) in [6.07, 6.45) is 1.81. The molecule has 1 atom stereocenters. The molecule has 0 aliphatic heterocycles. The molecule has 2 aromatic carbocycles. The topological polar surface area (TPSA) is 98.6 Å². The van der Waals surface area contributed by atoms with E-state index in [1.54, 1.807) is 24.3 Å². The number of nitrogens with one attached hydrogen (secondary N) is 2. The van der Waals surface area contributed by atoms with E-state index in [-0.39, 0.29) is 23.6 Å². The van der Waals surface area contributed by atoms with Gasteiger partial charge in [0.15, 0.2) is 11.7 Å². The predicted octanol–water partition coefficient (Wildman–Crippen LogP) is 2.71. The Balaban J connectivity index is 1.51. The second-order valence-electron chi connectivity index (χ2n) is 6.59. The van der Waals surface area contributed by atoms with Gasteiger partial charge in [-0.25, -0.2) is 4.98 Å². The number of aromatic amines is 1. The average molecular weight is 374 g/mol. The number of carbonyl (C=O) groups is 1. The highest BCUT2D eigenvalue weighted by Crippen LogP contribution is 2.16. The summed E-state index contributed by atoms with van der Waals surface area (Å²) in [5.74, 6) is -1.17. The van der Waals surface area contributed by atoms with E-state index in [0.29, 0.717) is 23.9 Å². The Morgan fingerprint density at radius 3 is 2.64 bits per heavy atom. The molecule has 0 saturated heterocycles. The van der Waals surface area contributed by atoms with Crippen LogP contribution in [0.4, 0.5) is 0 Å². The molecular weight excluding hydrogens is 352 g/mol. The van der Waals surface area contributed by atoms with Crippen molar-refractivity contribution >= 4 is 16.7 Å². The van der Waals surface area contributed by atoms with E-state index in [9.17, 15) is 14.9 Å². The number of aromatic nitrogens is 2. The molecule has 142 valence electrons. The predicted molar refractivity (Wildman–Crippen MR) is 108 cm³/mol. The average Bonchev–Trinajstić information content (AvgIpc) is 2.72. The van der Waals surface area contributed by atoms with Gasteiger partial charge in [0.1, 0.15) is 5.82 Å². The lowest BCUT2D eigenvalue weighted by Crippen LogP contribution is -2.22. The summed E-state index contributed by atoms with van der Waals surface area (Å²) < 4.78 is 0. The minimum atomic E-state index is -1.05. The summed E-state index contributed by atoms with van der Waals surface area (Å²) in [5.41, 5.74) is 1.41. The third-order valence-electron chi connectivity index (χ3n) is 4.57. The van der Waals surface area contributed by atoms with Crippen LogP contribution in [0.5, 0.6) is 0 Å². The van der Waals surface area contributed by atoms with Gasteiger partial charge < -0.3 is 10.3 Å². The fraction of sp³-hybridized carbons (Fsp3) is 0.273. The zero-order chi connectivity index (χ0) is 19.8. The standard InChI is InChI=1S/C22H22N4O2/c23-15-18(21-25-19-10-5-4-9-17(19)22(28)26-21)20(27)11-6-13-24-14-12-16-7-2-1-3-8-16/h1-5,7-10,18,24H,6,11-14H2,(H,25,26,28). The quantitative estimate of drug-likeness (QED) is 0.561. The van der Waals surface area contributed by atoms with Gasteiger partial charge in [0.05, 0.1) is 17.0 Å². The van der Waals surface area contributed by atoms with Crippen LogP contribution in [0.15, 0.2) is 59.4 Å². The highest BCUT2D eigenvalue weighted by atomic mass is 16.1. The Hall–Kier alpha value is -3.30. The molecule has 0 bridgehead atoms. The maximum atomic E-state index is 12.5. The molecule has 0 aliphatic carbocycles. The van der Waals surface area contributed by atoms with Crippen molar-refractivity contribution in [1.82, 2.24) is 15.3 Å². The monoisotopic (exact) mass is 374 g/mol. The molecule has 28 heavy (non-hydrogen) atoms. The Labute approximate surface area is 163 Å². The molecule has 0 amide bonds. The van der Waals surface area contributed by atoms with E-state index in [0.717, 1.165) is 13.0 Å². The number of nitriles is 1. The van der Waals surface area contributed by atoms with Crippen LogP contribution in [0.3, 0.4) is 0 Å². The molecule has 1 heterocycles. The normalized spacial score (nSPS) is 11.8. The number of hydrogen-bond acceptors (Lipinski definition) is 5. The fourth-order valence-electron chi connectivity index (χ4n) is 3.06. The van der Waals surface area contributed by atoms with Crippen molar-refractivity contribution in [3.8, 4) is 6.07 Å². The molecule has 1 unspecified atom stereocenters. The molecule has 0 radical (unpaired) electrons. The van der Waals surface area contributed by atoms with Gasteiger partial charge in [-0.05, 0) is 43.6 Å². The van der Waals surface area contributed by atoms with Crippen molar-refractivity contribution < 1.29 is 4.79 Å². The molecule has 6 heteroatoms. The molecule has 2 N–H and O–H groups in total. The van der Waals surface area contributed by atoms with E-state index in [4.69, 9.17) is 0 Å². The molecule has 0 spiro atoms. The van der Waals surface area contributed by atoms with Crippen molar-refractivity contribution in [3.63, 3.8) is 0 Å². The first-order valence-electron chi connectivity index (χ1n) is 9.35. The largest absolute Gasteiger partial charge is 0.316 e. The van der Waals surface area contributed by atoms with Crippen LogP contribution in [0, 0.1) is 11.3 Å². The molecule has 3 rings (SSSR count). The van der Waals surface area contributed by atoms with Gasteiger partial charge in [0, 0.05) is 6.42 Å². The van der Waals surface area contributed by atoms with E-state index in [1.165, 1.54) is 5.56 Å². The molecule has 3 aromatic rings. The third-order valence-corrected chi connectivity index (χ3v) is 4.57. The maximum Gasteiger partial charge on any atom is 0.258 e. The first-order valence-corrected chi connectivity index (χ1v) is 9.35. The Bertz CT molecular complexity index is 1040. The van der Waals surface area contributed by atoms with Gasteiger partial charge in [-0.15, -0.1) is 0 Å². The van der Waals surface area contributed by atoms with Crippen LogP contribution in [0.1, 0.15) is 30.1 Å². The molecular formula is C22H22N4O2. The van der Waals surface area contributed by atoms with E-state index >= 15 is 0 Å². The molecule has 0 saturated carbocycles. The zero-order valence-corrected chi connectivity index (χ0v) is 15.5. The zero-order valence-electron chi connectivity index (χ0n) is 15.5. The number of carbonyl (C=O) groups excluding carboxylic acids is 1. The summed E-state index contributed by atoms with van der Waals surface area (Å²) >= 11 is 0.